The van der Waals surface area contributed by atoms with E-state index in [1.54, 1.807) is 23.9 Å². The molecule has 2 aliphatic heterocycles. The lowest BCUT2D eigenvalue weighted by molar-refractivity contribution is -0.384. The summed E-state index contributed by atoms with van der Waals surface area (Å²) in [7, 11) is 1.29. The van der Waals surface area contributed by atoms with Crippen LogP contribution in [0, 0.1) is 16.0 Å². The van der Waals surface area contributed by atoms with Crippen molar-refractivity contribution in [2.45, 2.75) is 82.3 Å². The molecule has 10 nitrogen and oxygen atoms in total. The molecular formula is C35H44N2O8S. The minimum Gasteiger partial charge on any atom is -0.468 e. The van der Waals surface area contributed by atoms with E-state index in [-0.39, 0.29) is 24.2 Å². The molecule has 4 rings (SSSR count). The molecular weight excluding hydrogens is 608 g/mol. The summed E-state index contributed by atoms with van der Waals surface area (Å²) in [4.78, 5) is 43.8. The first-order valence-electron chi connectivity index (χ1n) is 16.1. The molecule has 2 heterocycles. The normalized spacial score (nSPS) is 19.8. The predicted molar refractivity (Wildman–Crippen MR) is 177 cm³/mol. The fraction of sp³-hybridized carbons (Fsp3) is 0.514. The number of hydrogen-bond acceptors (Lipinski definition) is 10. The first-order valence-corrected chi connectivity index (χ1v) is 17.1. The Morgan fingerprint density at radius 2 is 1.89 bits per heavy atom. The number of carbonyl (C=O) groups is 2. The maximum Gasteiger partial charge on any atom is 0.336 e. The molecule has 3 unspecified atom stereocenters. The molecule has 1 saturated heterocycles. The number of aliphatic imine (C=N–C) groups is 1. The Morgan fingerprint density at radius 3 is 2.57 bits per heavy atom. The number of rotatable bonds is 16. The largest absolute Gasteiger partial charge is 0.468 e. The zero-order valence-electron chi connectivity index (χ0n) is 26.9. The van der Waals surface area contributed by atoms with Gasteiger partial charge in [-0.15, -0.1) is 11.8 Å². The van der Waals surface area contributed by atoms with E-state index < -0.39 is 28.7 Å². The van der Waals surface area contributed by atoms with Crippen molar-refractivity contribution >= 4 is 35.1 Å². The molecule has 0 radical (unpaired) electrons. The van der Waals surface area contributed by atoms with Crippen molar-refractivity contribution < 1.29 is 33.5 Å². The Hall–Kier alpha value is -3.54. The quantitative estimate of drug-likeness (QED) is 0.0608. The van der Waals surface area contributed by atoms with Gasteiger partial charge < -0.3 is 18.9 Å². The van der Waals surface area contributed by atoms with Crippen LogP contribution in [0.2, 0.25) is 0 Å². The van der Waals surface area contributed by atoms with Gasteiger partial charge in [-0.3, -0.25) is 19.9 Å². The van der Waals surface area contributed by atoms with E-state index in [4.69, 9.17) is 23.9 Å². The van der Waals surface area contributed by atoms with Gasteiger partial charge in [0.2, 0.25) is 0 Å². The van der Waals surface area contributed by atoms with E-state index in [0.717, 1.165) is 42.9 Å². The standard InChI is InChI=1S/C35H44N2O8S/c1-4-10-29-33(31(25-11-8-12-26(23-25)37(40)41)32(34(38)42-3)28(5-2)36-29)35(39)45-20-9-22-46-27-16-14-24(15-17-27)18-21-44-30-13-6-7-19-43-30/h8,11-12,14-17,23,30-32H,4-7,9-10,13,18-22H2,1-3H3. The molecule has 0 amide bonds. The lowest BCUT2D eigenvalue weighted by Crippen LogP contribution is -2.37. The third-order valence-electron chi connectivity index (χ3n) is 8.10. The zero-order chi connectivity index (χ0) is 32.9. The molecule has 0 aromatic heterocycles. The number of nitro benzene ring substituents is 1. The van der Waals surface area contributed by atoms with Gasteiger partial charge in [-0.05, 0) is 68.2 Å². The number of carbonyl (C=O) groups excluding carboxylic acids is 2. The summed E-state index contributed by atoms with van der Waals surface area (Å²) in [6.07, 6.45) is 6.27. The number of methoxy groups -OCH3 is 1. The number of hydrogen-bond donors (Lipinski definition) is 0. The Balaban J connectivity index is 1.39. The van der Waals surface area contributed by atoms with Crippen molar-refractivity contribution in [2.24, 2.45) is 10.9 Å². The number of benzene rings is 2. The van der Waals surface area contributed by atoms with Gasteiger partial charge >= 0.3 is 11.9 Å². The van der Waals surface area contributed by atoms with Crippen LogP contribution in [0.4, 0.5) is 5.69 Å². The van der Waals surface area contributed by atoms with Crippen LogP contribution in [-0.2, 0) is 35.0 Å². The van der Waals surface area contributed by atoms with E-state index in [1.165, 1.54) is 24.8 Å². The monoisotopic (exact) mass is 652 g/mol. The molecule has 2 aliphatic rings. The molecule has 248 valence electrons. The van der Waals surface area contributed by atoms with Crippen molar-refractivity contribution in [3.8, 4) is 0 Å². The van der Waals surface area contributed by atoms with Gasteiger partial charge in [-0.2, -0.15) is 0 Å². The van der Waals surface area contributed by atoms with Crippen molar-refractivity contribution in [1.29, 1.82) is 0 Å². The van der Waals surface area contributed by atoms with Crippen molar-refractivity contribution in [3.05, 3.63) is 81.0 Å². The average Bonchev–Trinajstić information content (AvgIpc) is 3.08. The highest BCUT2D eigenvalue weighted by molar-refractivity contribution is 7.99. The maximum absolute atomic E-state index is 13.7. The fourth-order valence-corrected chi connectivity index (χ4v) is 6.62. The third-order valence-corrected chi connectivity index (χ3v) is 9.20. The summed E-state index contributed by atoms with van der Waals surface area (Å²) in [5.74, 6) is -2.09. The van der Waals surface area contributed by atoms with Gasteiger partial charge in [0, 0.05) is 41.0 Å². The first kappa shape index (κ1) is 35.3. The maximum atomic E-state index is 13.7. The molecule has 0 bridgehead atoms. The molecule has 2 aromatic carbocycles. The third kappa shape index (κ3) is 9.49. The molecule has 0 N–H and O–H groups in total. The SMILES string of the molecule is CCCC1=C(C(=O)OCCCSc2ccc(CCOC3CCCCO3)cc2)C(c2cccc([N+](=O)[O-])c2)C(C(=O)OC)C(CC)=N1. The minimum absolute atomic E-state index is 0.0770. The second kappa shape index (κ2) is 18.0. The summed E-state index contributed by atoms with van der Waals surface area (Å²) in [6.45, 7) is 5.46. The van der Waals surface area contributed by atoms with E-state index in [9.17, 15) is 19.7 Å². The van der Waals surface area contributed by atoms with Crippen molar-refractivity contribution in [2.75, 3.05) is 32.7 Å². The van der Waals surface area contributed by atoms with E-state index >= 15 is 0 Å². The van der Waals surface area contributed by atoms with E-state index in [1.807, 2.05) is 13.8 Å². The van der Waals surface area contributed by atoms with Crippen molar-refractivity contribution in [3.63, 3.8) is 0 Å². The summed E-state index contributed by atoms with van der Waals surface area (Å²) in [5, 5.41) is 11.6. The summed E-state index contributed by atoms with van der Waals surface area (Å²) in [5.41, 5.74) is 2.94. The van der Waals surface area contributed by atoms with Crippen LogP contribution in [0.5, 0.6) is 0 Å². The Kier molecular flexibility index (Phi) is 13.8. The second-order valence-corrected chi connectivity index (χ2v) is 12.5. The van der Waals surface area contributed by atoms with Crippen LogP contribution in [0.1, 0.15) is 75.8 Å². The lowest BCUT2D eigenvalue weighted by Gasteiger charge is -2.32. The van der Waals surface area contributed by atoms with Crippen LogP contribution in [0.15, 0.2) is 69.7 Å². The molecule has 0 aliphatic carbocycles. The summed E-state index contributed by atoms with van der Waals surface area (Å²) >= 11 is 1.68. The molecule has 1 fully saturated rings. The lowest BCUT2D eigenvalue weighted by atomic mass is 9.74. The molecule has 11 heteroatoms. The Morgan fingerprint density at radius 1 is 1.09 bits per heavy atom. The number of nitro groups is 1. The van der Waals surface area contributed by atoms with Gasteiger partial charge in [0.1, 0.15) is 5.92 Å². The molecule has 46 heavy (non-hydrogen) atoms. The van der Waals surface area contributed by atoms with Crippen LogP contribution >= 0.6 is 11.8 Å². The number of nitrogens with zero attached hydrogens (tertiary/aromatic N) is 2. The van der Waals surface area contributed by atoms with Crippen molar-refractivity contribution in [1.82, 2.24) is 0 Å². The van der Waals surface area contributed by atoms with Gasteiger partial charge in [0.15, 0.2) is 6.29 Å². The highest BCUT2D eigenvalue weighted by atomic mass is 32.2. The highest BCUT2D eigenvalue weighted by Crippen LogP contribution is 2.42. The molecule has 2 aromatic rings. The smallest absolute Gasteiger partial charge is 0.336 e. The molecule has 0 spiro atoms. The van der Waals surface area contributed by atoms with Crippen LogP contribution in [0.3, 0.4) is 0 Å². The topological polar surface area (TPSA) is 127 Å². The number of non-ortho nitro benzene ring substituents is 1. The summed E-state index contributed by atoms with van der Waals surface area (Å²) in [6, 6.07) is 14.4. The van der Waals surface area contributed by atoms with Gasteiger partial charge in [0.25, 0.3) is 5.69 Å². The van der Waals surface area contributed by atoms with E-state index in [0.29, 0.717) is 49.3 Å². The van der Waals surface area contributed by atoms with E-state index in [2.05, 4.69) is 24.3 Å². The summed E-state index contributed by atoms with van der Waals surface area (Å²) < 4.78 is 22.4. The van der Waals surface area contributed by atoms with Crippen LogP contribution in [0.25, 0.3) is 0 Å². The van der Waals surface area contributed by atoms with Gasteiger partial charge in [-0.1, -0.05) is 44.5 Å². The number of ether oxygens (including phenoxy) is 4. The van der Waals surface area contributed by atoms with Gasteiger partial charge in [-0.25, -0.2) is 4.79 Å². The second-order valence-electron chi connectivity index (χ2n) is 11.3. The number of esters is 2. The van der Waals surface area contributed by atoms with Crippen LogP contribution < -0.4 is 0 Å². The number of allylic oxidation sites excluding steroid dienone is 1. The average molecular weight is 653 g/mol. The Bertz CT molecular complexity index is 1400. The van der Waals surface area contributed by atoms with Crippen LogP contribution in [-0.4, -0.2) is 61.5 Å². The zero-order valence-corrected chi connectivity index (χ0v) is 27.7. The minimum atomic E-state index is -0.897. The van der Waals surface area contributed by atoms with Gasteiger partial charge in [0.05, 0.1) is 36.5 Å². The highest BCUT2D eigenvalue weighted by Gasteiger charge is 2.44. The Labute approximate surface area is 275 Å². The first-order chi connectivity index (χ1) is 22.4. The fourth-order valence-electron chi connectivity index (χ4n) is 5.80. The predicted octanol–water partition coefficient (Wildman–Crippen LogP) is 7.20. The molecule has 3 atom stereocenters. The molecule has 0 saturated carbocycles. The number of thioether (sulfide) groups is 1.